The summed E-state index contributed by atoms with van der Waals surface area (Å²) >= 11 is 0. The lowest BCUT2D eigenvalue weighted by Gasteiger charge is -2.65. The van der Waals surface area contributed by atoms with E-state index in [-0.39, 0.29) is 76.5 Å². The van der Waals surface area contributed by atoms with E-state index >= 15 is 0 Å². The van der Waals surface area contributed by atoms with Gasteiger partial charge >= 0.3 is 15.7 Å². The number of pyridine rings is 1. The Labute approximate surface area is 540 Å². The minimum atomic E-state index is -4.64. The number of benzene rings is 1. The molecule has 504 valence electrons. The van der Waals surface area contributed by atoms with E-state index in [2.05, 4.69) is 53.0 Å². The van der Waals surface area contributed by atoms with Gasteiger partial charge in [-0.2, -0.15) is 8.42 Å². The van der Waals surface area contributed by atoms with Gasteiger partial charge in [-0.1, -0.05) is 72.0 Å². The Balaban J connectivity index is 0.963. The molecule has 7 N–H and O–H groups in total. The first kappa shape index (κ1) is 72.9. The molecule has 17 nitrogen and oxygen atoms in total. The van der Waals surface area contributed by atoms with Crippen LogP contribution in [0.3, 0.4) is 0 Å². The molecule has 4 fully saturated rings. The third kappa shape index (κ3) is 18.9. The van der Waals surface area contributed by atoms with Crippen LogP contribution in [0.2, 0.25) is 0 Å². The van der Waals surface area contributed by atoms with Gasteiger partial charge in [0.25, 0.3) is 0 Å². The van der Waals surface area contributed by atoms with Crippen LogP contribution < -0.4 is 32.3 Å². The number of fused-ring (bicyclic) bond motifs is 6. The van der Waals surface area contributed by atoms with Gasteiger partial charge in [0.2, 0.25) is 11.8 Å². The fourth-order valence-corrected chi connectivity index (χ4v) is 17.3. The van der Waals surface area contributed by atoms with Crippen molar-refractivity contribution < 1.29 is 45.8 Å². The van der Waals surface area contributed by atoms with Crippen molar-refractivity contribution in [1.29, 1.82) is 0 Å². The molecule has 0 aliphatic heterocycles. The number of carbonyl (C=O) groups excluding carboxylic acids is 2. The maximum Gasteiger partial charge on any atom is 0.343 e. The molecular formula is C72H116N7O10S+. The first-order chi connectivity index (χ1) is 43.4. The fraction of sp³-hybridized carbons (Fsp3) is 0.722. The Hall–Kier alpha value is -4.53. The second-order valence-corrected chi connectivity index (χ2v) is 28.7. The number of anilines is 1. The monoisotopic (exact) mass is 1270 g/mol. The van der Waals surface area contributed by atoms with E-state index in [1.165, 1.54) is 44.0 Å². The lowest BCUT2D eigenvalue weighted by atomic mass is 9.43. The van der Waals surface area contributed by atoms with Gasteiger partial charge in [-0.3, -0.25) is 14.1 Å². The standard InChI is InChI=1S/C72H115N7O10S/c1-8-12-13-14-15-19-40-78(41-20-24-53(5)60-30-31-61-69-62(50-66(72(60,61)7)88-45-23-37-75)71(6)34-32-59(86-43-21-35-73)47-57(71)48-64(69)87-44-22-36-74)68(81)52-79(38-9-2)67(80)25-17-16-18-39-76-42-33-54(65(51-76)90(83,84)85)26-27-56-46-55-28-29-58(77(10-3)11-4)49-63(55)89-70(56)82/h9,26-29,33,42,46,49,51,53,57,59-62,64,66,69H,2,8,10-25,30-32,34-41,43-45,47-48,50,52,73-75H2,1,3-7H3/p+1/t53?,57?,59-,60?,61+,62+,64-,66+,69?,71+,72-/m1/s1. The van der Waals surface area contributed by atoms with Gasteiger partial charge in [0.15, 0.2) is 17.3 Å². The molecule has 4 aliphatic rings. The van der Waals surface area contributed by atoms with Crippen LogP contribution in [0, 0.1) is 46.3 Å². The zero-order valence-corrected chi connectivity index (χ0v) is 56.8. The number of ether oxygens (including phenoxy) is 3. The van der Waals surface area contributed by atoms with Gasteiger partial charge in [-0.15, -0.1) is 6.58 Å². The first-order valence-corrected chi connectivity index (χ1v) is 36.5. The molecule has 90 heavy (non-hydrogen) atoms. The van der Waals surface area contributed by atoms with E-state index in [1.807, 2.05) is 23.1 Å². The molecule has 2 amide bonds. The number of hydrogen-bond donors (Lipinski definition) is 4. The third-order valence-corrected chi connectivity index (χ3v) is 22.6. The van der Waals surface area contributed by atoms with Crippen molar-refractivity contribution in [3.8, 4) is 0 Å². The van der Waals surface area contributed by atoms with Gasteiger partial charge in [-0.25, -0.2) is 9.36 Å². The summed E-state index contributed by atoms with van der Waals surface area (Å²) in [6.45, 7) is 25.5. The molecule has 7 rings (SSSR count). The zero-order valence-electron chi connectivity index (χ0n) is 56.0. The van der Waals surface area contributed by atoms with Crippen molar-refractivity contribution in [3.05, 3.63) is 76.9 Å². The molecule has 1 aromatic carbocycles. The van der Waals surface area contributed by atoms with Gasteiger partial charge in [0, 0.05) is 99.6 Å². The van der Waals surface area contributed by atoms with Crippen LogP contribution in [-0.2, 0) is 40.5 Å². The number of aromatic nitrogens is 1. The summed E-state index contributed by atoms with van der Waals surface area (Å²) in [4.78, 5) is 47.1. The SMILES string of the molecule is C=CCN(CC(=O)N(CCCCCCCC)CCCC(C)C1CC[C@H]2C3[C@H](OCCCN)CC4C[C@H](OCCCN)CC[C@]4(C)[C@H]3C[C@H](OCCCN)[C@]12C)C(=O)CCCCC[n+]1ccc(/C=C/c2cc3ccc(N(CC)CC)cc3oc2=O)c(S(=O)(=O)O)c1. The van der Waals surface area contributed by atoms with E-state index in [1.54, 1.807) is 33.9 Å². The Kier molecular flexibility index (Phi) is 28.9. The van der Waals surface area contributed by atoms with E-state index in [9.17, 15) is 27.4 Å². The van der Waals surface area contributed by atoms with E-state index in [0.29, 0.717) is 113 Å². The summed E-state index contributed by atoms with van der Waals surface area (Å²) in [5.74, 6) is 2.68. The van der Waals surface area contributed by atoms with Gasteiger partial charge in [0.05, 0.1) is 23.9 Å². The van der Waals surface area contributed by atoms with Crippen molar-refractivity contribution >= 4 is 50.7 Å². The summed E-state index contributed by atoms with van der Waals surface area (Å²) in [6.07, 6.45) is 29.4. The third-order valence-electron chi connectivity index (χ3n) is 21.7. The maximum atomic E-state index is 14.5. The van der Waals surface area contributed by atoms with Crippen LogP contribution in [0.15, 0.2) is 69.5 Å². The number of hydrogen-bond acceptors (Lipinski definition) is 13. The molecule has 4 saturated carbocycles. The summed E-state index contributed by atoms with van der Waals surface area (Å²) < 4.78 is 63.7. The molecule has 0 saturated heterocycles. The largest absolute Gasteiger partial charge is 0.422 e. The number of amides is 2. The molecule has 0 spiro atoms. The molecule has 3 aromatic rings. The number of rotatable bonds is 40. The average Bonchev–Trinajstić information content (AvgIpc) is 1.32. The average molecular weight is 1270 g/mol. The lowest BCUT2D eigenvalue weighted by Crippen LogP contribution is -2.63. The summed E-state index contributed by atoms with van der Waals surface area (Å²) in [5, 5.41) is 0.724. The molecule has 4 aliphatic carbocycles. The molecular weight excluding hydrogens is 1150 g/mol. The Morgan fingerprint density at radius 1 is 0.789 bits per heavy atom. The maximum absolute atomic E-state index is 14.5. The highest BCUT2D eigenvalue weighted by Crippen LogP contribution is 2.69. The number of unbranched alkanes of at least 4 members (excludes halogenated alkanes) is 7. The van der Waals surface area contributed by atoms with Gasteiger partial charge in [0.1, 0.15) is 18.7 Å². The zero-order chi connectivity index (χ0) is 64.8. The highest BCUT2D eigenvalue weighted by atomic mass is 32.2. The summed E-state index contributed by atoms with van der Waals surface area (Å²) in [5.41, 5.74) is 19.5. The normalized spacial score (nSPS) is 25.2. The Bertz CT molecular complexity index is 2940. The van der Waals surface area contributed by atoms with Crippen LogP contribution in [0.5, 0.6) is 0 Å². The van der Waals surface area contributed by atoms with Crippen LogP contribution >= 0.6 is 0 Å². The van der Waals surface area contributed by atoms with Crippen LogP contribution in [0.25, 0.3) is 23.1 Å². The minimum Gasteiger partial charge on any atom is -0.422 e. The number of aryl methyl sites for hydroxylation is 1. The summed E-state index contributed by atoms with van der Waals surface area (Å²) in [7, 11) is -4.64. The number of nitrogens with zero attached hydrogens (tertiary/aromatic N) is 4. The minimum absolute atomic E-state index is 0.00212. The van der Waals surface area contributed by atoms with Crippen LogP contribution in [0.4, 0.5) is 5.69 Å². The predicted molar refractivity (Wildman–Crippen MR) is 361 cm³/mol. The molecule has 4 unspecified atom stereocenters. The van der Waals surface area contributed by atoms with E-state index in [0.717, 1.165) is 121 Å². The number of carbonyl (C=O) groups is 2. The van der Waals surface area contributed by atoms with Gasteiger partial charge < -0.3 is 50.5 Å². The van der Waals surface area contributed by atoms with Crippen molar-refractivity contribution in [2.45, 2.75) is 213 Å². The topological polar surface area (TPSA) is 238 Å². The molecule has 2 heterocycles. The highest BCUT2D eigenvalue weighted by Gasteiger charge is 2.66. The van der Waals surface area contributed by atoms with Crippen molar-refractivity contribution in [2.75, 3.05) is 83.6 Å². The summed E-state index contributed by atoms with van der Waals surface area (Å²) in [6, 6.07) is 9.00. The molecule has 0 radical (unpaired) electrons. The second-order valence-electron chi connectivity index (χ2n) is 27.3. The fourth-order valence-electron chi connectivity index (χ4n) is 16.6. The quantitative estimate of drug-likeness (QED) is 0.0136. The molecule has 0 bridgehead atoms. The first-order valence-electron chi connectivity index (χ1n) is 35.0. The second kappa shape index (κ2) is 35.7. The van der Waals surface area contributed by atoms with Crippen molar-refractivity contribution in [1.82, 2.24) is 9.80 Å². The smallest absolute Gasteiger partial charge is 0.343 e. The van der Waals surface area contributed by atoms with Crippen LogP contribution in [-0.4, -0.2) is 132 Å². The molecule has 11 atom stereocenters. The van der Waals surface area contributed by atoms with Crippen LogP contribution in [0.1, 0.15) is 194 Å². The molecule has 2 aromatic heterocycles. The number of nitrogens with two attached hydrogens (primary N) is 3. The Morgan fingerprint density at radius 2 is 1.48 bits per heavy atom. The van der Waals surface area contributed by atoms with Crippen molar-refractivity contribution in [3.63, 3.8) is 0 Å². The molecule has 18 heteroatoms. The Morgan fingerprint density at radius 3 is 2.19 bits per heavy atom. The predicted octanol–water partition coefficient (Wildman–Crippen LogP) is 11.6. The van der Waals surface area contributed by atoms with Crippen molar-refractivity contribution in [2.24, 2.45) is 63.5 Å². The lowest BCUT2D eigenvalue weighted by molar-refractivity contribution is -0.699. The van der Waals surface area contributed by atoms with Gasteiger partial charge in [-0.05, 0) is 195 Å². The van der Waals surface area contributed by atoms with E-state index < -0.39 is 15.7 Å². The highest BCUT2D eigenvalue weighted by molar-refractivity contribution is 7.85. The van der Waals surface area contributed by atoms with E-state index in [4.69, 9.17) is 35.8 Å².